The molecule has 0 heterocycles. The van der Waals surface area contributed by atoms with E-state index in [1.807, 2.05) is 6.92 Å². The first-order valence-corrected chi connectivity index (χ1v) is 4.38. The molecule has 0 bridgehead atoms. The number of Topliss-reactive ketones (excluding diaryl/α,β-unsaturated/α-hetero) is 1. The van der Waals surface area contributed by atoms with Crippen LogP contribution in [0.25, 0.3) is 0 Å². The van der Waals surface area contributed by atoms with Crippen LogP contribution in [0.5, 0.6) is 0 Å². The zero-order valence-electron chi connectivity index (χ0n) is 7.76. The predicted octanol–water partition coefficient (Wildman–Crippen LogP) is 1.70. The number of unbranched alkanes of at least 4 members (excludes halogenated alkanes) is 1. The second-order valence-electron chi connectivity index (χ2n) is 2.66. The predicted molar refractivity (Wildman–Crippen MR) is 45.8 cm³/mol. The van der Waals surface area contributed by atoms with Crippen molar-refractivity contribution >= 4 is 11.8 Å². The molecule has 0 unspecified atom stereocenters. The van der Waals surface area contributed by atoms with E-state index in [9.17, 15) is 9.59 Å². The van der Waals surface area contributed by atoms with E-state index in [0.717, 1.165) is 12.8 Å². The van der Waals surface area contributed by atoms with E-state index in [0.29, 0.717) is 12.8 Å². The first kappa shape index (κ1) is 11.1. The van der Waals surface area contributed by atoms with E-state index < -0.39 is 0 Å². The van der Waals surface area contributed by atoms with Crippen LogP contribution >= 0.6 is 0 Å². The van der Waals surface area contributed by atoms with Gasteiger partial charge in [-0.25, -0.2) is 0 Å². The Hall–Kier alpha value is -0.860. The summed E-state index contributed by atoms with van der Waals surface area (Å²) in [6.07, 6.45) is 2.73. The lowest BCUT2D eigenvalue weighted by Crippen LogP contribution is -2.12. The van der Waals surface area contributed by atoms with Gasteiger partial charge >= 0.3 is 5.97 Å². The summed E-state index contributed by atoms with van der Waals surface area (Å²) in [5.41, 5.74) is 0. The molecule has 0 aliphatic carbocycles. The highest BCUT2D eigenvalue weighted by Crippen LogP contribution is 1.96. The van der Waals surface area contributed by atoms with Gasteiger partial charge in [0.15, 0.2) is 5.78 Å². The van der Waals surface area contributed by atoms with Gasteiger partial charge in [0.25, 0.3) is 0 Å². The number of esters is 1. The van der Waals surface area contributed by atoms with Gasteiger partial charge in [0, 0.05) is 12.8 Å². The zero-order valence-corrected chi connectivity index (χ0v) is 7.76. The summed E-state index contributed by atoms with van der Waals surface area (Å²) in [5.74, 6) is -0.293. The molecular weight excluding hydrogens is 156 g/mol. The highest BCUT2D eigenvalue weighted by Gasteiger charge is 2.04. The average molecular weight is 172 g/mol. The quantitative estimate of drug-likeness (QED) is 0.573. The Morgan fingerprint density at radius 1 is 1.25 bits per heavy atom. The summed E-state index contributed by atoms with van der Waals surface area (Å²) < 4.78 is 4.66. The molecule has 0 aromatic carbocycles. The normalized spacial score (nSPS) is 9.50. The summed E-state index contributed by atoms with van der Waals surface area (Å²) in [6, 6.07) is 0. The minimum Gasteiger partial charge on any atom is -0.458 e. The smallest absolute Gasteiger partial charge is 0.305 e. The van der Waals surface area contributed by atoms with Crippen LogP contribution in [0.4, 0.5) is 0 Å². The molecule has 0 atom stereocenters. The van der Waals surface area contributed by atoms with Crippen molar-refractivity contribution < 1.29 is 14.3 Å². The van der Waals surface area contributed by atoms with Crippen LogP contribution in [-0.4, -0.2) is 18.4 Å². The molecule has 0 radical (unpaired) electrons. The van der Waals surface area contributed by atoms with Crippen molar-refractivity contribution in [2.75, 3.05) is 6.61 Å². The highest BCUT2D eigenvalue weighted by atomic mass is 16.5. The lowest BCUT2D eigenvalue weighted by molar-refractivity contribution is -0.147. The minimum atomic E-state index is -0.306. The van der Waals surface area contributed by atoms with Crippen LogP contribution in [-0.2, 0) is 14.3 Å². The summed E-state index contributed by atoms with van der Waals surface area (Å²) in [4.78, 5) is 21.6. The molecule has 0 aliphatic rings. The Morgan fingerprint density at radius 2 is 1.92 bits per heavy atom. The Balaban J connectivity index is 3.37. The molecule has 3 heteroatoms. The summed E-state index contributed by atoms with van der Waals surface area (Å²) in [6.45, 7) is 3.68. The molecule has 3 nitrogen and oxygen atoms in total. The van der Waals surface area contributed by atoms with Crippen LogP contribution in [0.2, 0.25) is 0 Å². The van der Waals surface area contributed by atoms with Gasteiger partial charge in [-0.05, 0) is 6.42 Å². The highest BCUT2D eigenvalue weighted by molar-refractivity contribution is 5.82. The number of ketones is 1. The van der Waals surface area contributed by atoms with E-state index >= 15 is 0 Å². The third kappa shape index (κ3) is 5.89. The van der Waals surface area contributed by atoms with Crippen LogP contribution in [0.15, 0.2) is 0 Å². The van der Waals surface area contributed by atoms with Crippen LogP contribution in [0.3, 0.4) is 0 Å². The van der Waals surface area contributed by atoms with Gasteiger partial charge in [0.2, 0.25) is 0 Å². The third-order valence-electron chi connectivity index (χ3n) is 1.49. The van der Waals surface area contributed by atoms with Crippen LogP contribution in [0.1, 0.15) is 39.5 Å². The minimum absolute atomic E-state index is 0.0126. The Bertz CT molecular complexity index is 152. The van der Waals surface area contributed by atoms with Crippen molar-refractivity contribution in [2.24, 2.45) is 0 Å². The number of rotatable bonds is 6. The number of hydrogen-bond donors (Lipinski definition) is 0. The van der Waals surface area contributed by atoms with E-state index in [2.05, 4.69) is 4.74 Å². The van der Waals surface area contributed by atoms with Gasteiger partial charge in [-0.1, -0.05) is 20.3 Å². The first-order chi connectivity index (χ1) is 5.70. The fourth-order valence-electron chi connectivity index (χ4n) is 0.709. The Kier molecular flexibility index (Phi) is 6.34. The molecule has 0 N–H and O–H groups in total. The lowest BCUT2D eigenvalue weighted by atomic mass is 10.2. The largest absolute Gasteiger partial charge is 0.458 e. The van der Waals surface area contributed by atoms with Gasteiger partial charge in [-0.2, -0.15) is 0 Å². The second kappa shape index (κ2) is 6.83. The molecule has 0 rings (SSSR count). The van der Waals surface area contributed by atoms with Crippen molar-refractivity contribution in [3.05, 3.63) is 0 Å². The maximum absolute atomic E-state index is 10.9. The molecule has 70 valence electrons. The van der Waals surface area contributed by atoms with Gasteiger partial charge < -0.3 is 4.74 Å². The molecule has 12 heavy (non-hydrogen) atoms. The van der Waals surface area contributed by atoms with Crippen molar-refractivity contribution in [3.63, 3.8) is 0 Å². The van der Waals surface area contributed by atoms with Gasteiger partial charge in [0.1, 0.15) is 6.61 Å². The number of carbonyl (C=O) groups excluding carboxylic acids is 2. The fraction of sp³-hybridized carbons (Fsp3) is 0.778. The molecule has 0 spiro atoms. The first-order valence-electron chi connectivity index (χ1n) is 4.38. The standard InChI is InChI=1S/C9H16O3/c1-3-5-6-8(10)7-12-9(11)4-2/h3-7H2,1-2H3. The maximum Gasteiger partial charge on any atom is 0.305 e. The van der Waals surface area contributed by atoms with Crippen molar-refractivity contribution in [1.82, 2.24) is 0 Å². The van der Waals surface area contributed by atoms with E-state index in [-0.39, 0.29) is 18.4 Å². The molecule has 0 aliphatic heterocycles. The van der Waals surface area contributed by atoms with Gasteiger partial charge in [-0.15, -0.1) is 0 Å². The van der Waals surface area contributed by atoms with E-state index in [4.69, 9.17) is 0 Å². The third-order valence-corrected chi connectivity index (χ3v) is 1.49. The molecule has 0 saturated heterocycles. The van der Waals surface area contributed by atoms with Gasteiger partial charge in [0.05, 0.1) is 0 Å². The number of ether oxygens (including phenoxy) is 1. The average Bonchev–Trinajstić information content (AvgIpc) is 2.10. The topological polar surface area (TPSA) is 43.4 Å². The van der Waals surface area contributed by atoms with Gasteiger partial charge in [-0.3, -0.25) is 9.59 Å². The second-order valence-corrected chi connectivity index (χ2v) is 2.66. The molecular formula is C9H16O3. The molecule has 0 amide bonds. The van der Waals surface area contributed by atoms with Crippen LogP contribution < -0.4 is 0 Å². The Morgan fingerprint density at radius 3 is 2.42 bits per heavy atom. The van der Waals surface area contributed by atoms with Crippen molar-refractivity contribution in [2.45, 2.75) is 39.5 Å². The molecule has 0 fully saturated rings. The monoisotopic (exact) mass is 172 g/mol. The molecule has 0 saturated carbocycles. The maximum atomic E-state index is 10.9. The SMILES string of the molecule is CCCCC(=O)COC(=O)CC. The fourth-order valence-corrected chi connectivity index (χ4v) is 0.709. The molecule has 0 aromatic heterocycles. The summed E-state index contributed by atoms with van der Waals surface area (Å²) in [5, 5.41) is 0. The molecule has 0 aromatic rings. The summed E-state index contributed by atoms with van der Waals surface area (Å²) >= 11 is 0. The Labute approximate surface area is 73.1 Å². The van der Waals surface area contributed by atoms with Crippen molar-refractivity contribution in [3.8, 4) is 0 Å². The van der Waals surface area contributed by atoms with E-state index in [1.54, 1.807) is 6.92 Å². The zero-order chi connectivity index (χ0) is 9.40. The van der Waals surface area contributed by atoms with E-state index in [1.165, 1.54) is 0 Å². The number of carbonyl (C=O) groups is 2. The lowest BCUT2D eigenvalue weighted by Gasteiger charge is -2.00. The number of hydrogen-bond acceptors (Lipinski definition) is 3. The van der Waals surface area contributed by atoms with Crippen molar-refractivity contribution in [1.29, 1.82) is 0 Å². The summed E-state index contributed by atoms with van der Waals surface area (Å²) in [7, 11) is 0. The van der Waals surface area contributed by atoms with Crippen LogP contribution in [0, 0.1) is 0 Å².